The van der Waals surface area contributed by atoms with Crippen LogP contribution in [0.25, 0.3) is 0 Å². The molecule has 6 nitrogen and oxygen atoms in total. The Morgan fingerprint density at radius 2 is 1.92 bits per heavy atom. The fraction of sp³-hybridized carbons (Fsp3) is 0.600. The number of amides is 2. The third-order valence-corrected chi connectivity index (χ3v) is 4.78. The van der Waals surface area contributed by atoms with Gasteiger partial charge in [-0.15, -0.1) is 0 Å². The molecule has 2 heterocycles. The Hall–Kier alpha value is -2.24. The second-order valence-electron chi connectivity index (χ2n) is 9.17. The van der Waals surface area contributed by atoms with E-state index in [-0.39, 0.29) is 11.5 Å². The van der Waals surface area contributed by atoms with Gasteiger partial charge in [0, 0.05) is 18.5 Å². The van der Waals surface area contributed by atoms with Gasteiger partial charge in [0.15, 0.2) is 5.60 Å². The average Bonchev–Trinajstić information content (AvgIpc) is 2.89. The standard InChI is InChI=1S/C20H28N2O4/c1-18(2,3)13-7-8-15-14(11-13)20(25-16(23)21-15)9-10-22(12-20)17(24)26-19(4,5)6/h7-8,11H,9-10,12H2,1-6H3,(H,21,23). The van der Waals surface area contributed by atoms with Gasteiger partial charge in [-0.1, -0.05) is 26.8 Å². The van der Waals surface area contributed by atoms with Crippen LogP contribution in [0.4, 0.5) is 15.3 Å². The molecule has 2 amide bonds. The molecule has 1 atom stereocenters. The smallest absolute Gasteiger partial charge is 0.412 e. The van der Waals surface area contributed by atoms with E-state index >= 15 is 0 Å². The molecule has 0 aliphatic carbocycles. The first-order chi connectivity index (χ1) is 11.9. The maximum Gasteiger partial charge on any atom is 0.412 e. The summed E-state index contributed by atoms with van der Waals surface area (Å²) in [6, 6.07) is 6.04. The molecule has 1 fully saturated rings. The van der Waals surface area contributed by atoms with Crippen molar-refractivity contribution in [3.63, 3.8) is 0 Å². The molecule has 1 spiro atoms. The van der Waals surface area contributed by atoms with Crippen LogP contribution in [0.1, 0.15) is 59.1 Å². The van der Waals surface area contributed by atoms with Crippen LogP contribution in [0.3, 0.4) is 0 Å². The van der Waals surface area contributed by atoms with Crippen molar-refractivity contribution in [3.05, 3.63) is 29.3 Å². The number of benzene rings is 1. The van der Waals surface area contributed by atoms with Gasteiger partial charge < -0.3 is 14.4 Å². The molecule has 0 aromatic heterocycles. The molecule has 1 aromatic carbocycles. The SMILES string of the molecule is CC(C)(C)OC(=O)N1CCC2(C1)OC(=O)Nc1ccc(C(C)(C)C)cc12. The minimum Gasteiger partial charge on any atom is -0.444 e. The summed E-state index contributed by atoms with van der Waals surface area (Å²) in [6.07, 6.45) is -0.301. The molecule has 6 heteroatoms. The van der Waals surface area contributed by atoms with E-state index in [1.807, 2.05) is 32.9 Å². The Balaban J connectivity index is 1.94. The van der Waals surface area contributed by atoms with Crippen LogP contribution in [0.5, 0.6) is 0 Å². The highest BCUT2D eigenvalue weighted by Crippen LogP contribution is 2.44. The van der Waals surface area contributed by atoms with E-state index in [0.717, 1.165) is 16.8 Å². The second kappa shape index (κ2) is 5.89. The highest BCUT2D eigenvalue weighted by atomic mass is 16.6. The van der Waals surface area contributed by atoms with Gasteiger partial charge >= 0.3 is 12.2 Å². The predicted molar refractivity (Wildman–Crippen MR) is 99.3 cm³/mol. The van der Waals surface area contributed by atoms with Gasteiger partial charge in [-0.25, -0.2) is 9.59 Å². The van der Waals surface area contributed by atoms with Gasteiger partial charge in [-0.3, -0.25) is 5.32 Å². The topological polar surface area (TPSA) is 67.9 Å². The number of ether oxygens (including phenoxy) is 2. The van der Waals surface area contributed by atoms with Gasteiger partial charge in [0.05, 0.1) is 12.2 Å². The van der Waals surface area contributed by atoms with E-state index in [9.17, 15) is 9.59 Å². The molecule has 2 aliphatic rings. The average molecular weight is 360 g/mol. The Kier molecular flexibility index (Phi) is 4.20. The molecule has 1 unspecified atom stereocenters. The van der Waals surface area contributed by atoms with Crippen LogP contribution in [-0.4, -0.2) is 35.8 Å². The fourth-order valence-corrected chi connectivity index (χ4v) is 3.43. The minimum absolute atomic E-state index is 0.0267. The third kappa shape index (κ3) is 3.50. The summed E-state index contributed by atoms with van der Waals surface area (Å²) in [5, 5.41) is 2.78. The molecule has 0 bridgehead atoms. The number of nitrogens with zero attached hydrogens (tertiary/aromatic N) is 1. The normalized spacial score (nSPS) is 22.7. The molecular weight excluding hydrogens is 332 g/mol. The monoisotopic (exact) mass is 360 g/mol. The number of fused-ring (bicyclic) bond motifs is 2. The van der Waals surface area contributed by atoms with Gasteiger partial charge in [0.1, 0.15) is 5.60 Å². The van der Waals surface area contributed by atoms with Crippen molar-refractivity contribution in [2.45, 2.75) is 64.6 Å². The Morgan fingerprint density at radius 3 is 2.54 bits per heavy atom. The van der Waals surface area contributed by atoms with Gasteiger partial charge in [-0.2, -0.15) is 0 Å². The molecule has 1 aromatic rings. The fourth-order valence-electron chi connectivity index (χ4n) is 3.43. The number of likely N-dealkylation sites (tertiary alicyclic amines) is 1. The summed E-state index contributed by atoms with van der Waals surface area (Å²) in [5.41, 5.74) is 1.42. The molecule has 142 valence electrons. The Bertz CT molecular complexity index is 745. The number of hydrogen-bond acceptors (Lipinski definition) is 4. The summed E-state index contributed by atoms with van der Waals surface area (Å²) in [6.45, 7) is 12.7. The van der Waals surface area contributed by atoms with E-state index in [1.54, 1.807) is 4.90 Å². The number of anilines is 1. The lowest BCUT2D eigenvalue weighted by Gasteiger charge is -2.36. The van der Waals surface area contributed by atoms with E-state index in [4.69, 9.17) is 9.47 Å². The van der Waals surface area contributed by atoms with Gasteiger partial charge in [-0.05, 0) is 43.9 Å². The molecule has 1 N–H and O–H groups in total. The van der Waals surface area contributed by atoms with Crippen molar-refractivity contribution in [2.24, 2.45) is 0 Å². The largest absolute Gasteiger partial charge is 0.444 e. The highest BCUT2D eigenvalue weighted by molar-refractivity contribution is 5.89. The number of carbonyl (C=O) groups excluding carboxylic acids is 2. The third-order valence-electron chi connectivity index (χ3n) is 4.78. The van der Waals surface area contributed by atoms with Crippen molar-refractivity contribution in [3.8, 4) is 0 Å². The number of carbonyl (C=O) groups is 2. The highest BCUT2D eigenvalue weighted by Gasteiger charge is 2.49. The van der Waals surface area contributed by atoms with Crippen LogP contribution in [-0.2, 0) is 20.5 Å². The molecule has 1 saturated heterocycles. The number of hydrogen-bond donors (Lipinski definition) is 1. The first kappa shape index (κ1) is 18.5. The summed E-state index contributed by atoms with van der Waals surface area (Å²) < 4.78 is 11.2. The van der Waals surface area contributed by atoms with Crippen LogP contribution in [0, 0.1) is 0 Å². The number of nitrogens with one attached hydrogen (secondary N) is 1. The number of rotatable bonds is 0. The zero-order valence-electron chi connectivity index (χ0n) is 16.4. The lowest BCUT2D eigenvalue weighted by atomic mass is 9.82. The van der Waals surface area contributed by atoms with Crippen LogP contribution in [0.2, 0.25) is 0 Å². The van der Waals surface area contributed by atoms with Crippen molar-refractivity contribution in [1.82, 2.24) is 4.90 Å². The zero-order valence-corrected chi connectivity index (χ0v) is 16.4. The van der Waals surface area contributed by atoms with Gasteiger partial charge in [0.2, 0.25) is 0 Å². The lowest BCUT2D eigenvalue weighted by molar-refractivity contribution is 0.00427. The summed E-state index contributed by atoms with van der Waals surface area (Å²) in [4.78, 5) is 26.2. The van der Waals surface area contributed by atoms with Crippen molar-refractivity contribution >= 4 is 17.9 Å². The molecule has 0 saturated carbocycles. The summed E-state index contributed by atoms with van der Waals surface area (Å²) in [7, 11) is 0. The summed E-state index contributed by atoms with van der Waals surface area (Å²) >= 11 is 0. The molecule has 3 rings (SSSR count). The van der Waals surface area contributed by atoms with Crippen molar-refractivity contribution in [2.75, 3.05) is 18.4 Å². The van der Waals surface area contributed by atoms with E-state index in [1.165, 1.54) is 0 Å². The van der Waals surface area contributed by atoms with Crippen molar-refractivity contribution in [1.29, 1.82) is 0 Å². The van der Waals surface area contributed by atoms with Gasteiger partial charge in [0.25, 0.3) is 0 Å². The molecular formula is C20H28N2O4. The first-order valence-electron chi connectivity index (χ1n) is 9.03. The maximum absolute atomic E-state index is 12.5. The van der Waals surface area contributed by atoms with Crippen LogP contribution in [0.15, 0.2) is 18.2 Å². The van der Waals surface area contributed by atoms with Crippen molar-refractivity contribution < 1.29 is 19.1 Å². The van der Waals surface area contributed by atoms with Crippen LogP contribution < -0.4 is 5.32 Å². The maximum atomic E-state index is 12.5. The van der Waals surface area contributed by atoms with E-state index in [0.29, 0.717) is 19.5 Å². The minimum atomic E-state index is -0.824. The Morgan fingerprint density at radius 1 is 1.23 bits per heavy atom. The lowest BCUT2D eigenvalue weighted by Crippen LogP contribution is -2.43. The van der Waals surface area contributed by atoms with Crippen LogP contribution >= 0.6 is 0 Å². The van der Waals surface area contributed by atoms with E-state index < -0.39 is 17.3 Å². The first-order valence-corrected chi connectivity index (χ1v) is 9.03. The molecule has 0 radical (unpaired) electrons. The molecule has 2 aliphatic heterocycles. The summed E-state index contributed by atoms with van der Waals surface area (Å²) in [5.74, 6) is 0. The predicted octanol–water partition coefficient (Wildman–Crippen LogP) is 4.38. The quantitative estimate of drug-likeness (QED) is 0.745. The second-order valence-corrected chi connectivity index (χ2v) is 9.17. The zero-order chi connectivity index (χ0) is 19.3. The molecule has 26 heavy (non-hydrogen) atoms. The van der Waals surface area contributed by atoms with E-state index in [2.05, 4.69) is 32.2 Å². The Labute approximate surface area is 154 Å².